The molecule has 0 spiro atoms. The number of rotatable bonds is 2. The van der Waals surface area contributed by atoms with E-state index < -0.39 is 12.1 Å². The Hall–Kier alpha value is -0.290. The van der Waals surface area contributed by atoms with Crippen molar-refractivity contribution in [1.82, 2.24) is 4.90 Å². The second-order valence-corrected chi connectivity index (χ2v) is 6.16. The smallest absolute Gasteiger partial charge is 0.329 e. The number of nitrogens with zero attached hydrogens (tertiary/aromatic N) is 1. The number of alkyl halides is 3. The Morgan fingerprint density at radius 2 is 1.68 bits per heavy atom. The number of nitrogens with two attached hydrogens (primary N) is 1. The van der Waals surface area contributed by atoms with Gasteiger partial charge in [0, 0.05) is 24.7 Å². The van der Waals surface area contributed by atoms with Crippen molar-refractivity contribution in [2.75, 3.05) is 6.54 Å². The summed E-state index contributed by atoms with van der Waals surface area (Å²) in [7, 11) is 0. The molecule has 2 nitrogen and oxygen atoms in total. The molecule has 0 amide bonds. The molecule has 1 saturated carbocycles. The highest BCUT2D eigenvalue weighted by Gasteiger charge is 2.43. The summed E-state index contributed by atoms with van der Waals surface area (Å²) in [6.07, 6.45) is 1.35. The van der Waals surface area contributed by atoms with Crippen LogP contribution in [-0.2, 0) is 0 Å². The predicted octanol–water partition coefficient (Wildman–Crippen LogP) is 3.31. The SMILES string of the molecule is CC1CCCC(CN)N1C1CCC(C(F)(F)F)CC1. The lowest BCUT2D eigenvalue weighted by Crippen LogP contribution is -2.54. The molecular formula is C14H25F3N2. The molecule has 112 valence electrons. The van der Waals surface area contributed by atoms with E-state index in [0.717, 1.165) is 12.8 Å². The molecule has 0 aromatic rings. The summed E-state index contributed by atoms with van der Waals surface area (Å²) < 4.78 is 38.1. The van der Waals surface area contributed by atoms with Crippen LogP contribution in [0.15, 0.2) is 0 Å². The van der Waals surface area contributed by atoms with E-state index in [0.29, 0.717) is 37.5 Å². The van der Waals surface area contributed by atoms with E-state index in [1.807, 2.05) is 0 Å². The standard InChI is InChI=1S/C14H25F3N2/c1-10-3-2-4-13(9-18)19(10)12-7-5-11(6-8-12)14(15,16)17/h10-13H,2-9,18H2,1H3. The van der Waals surface area contributed by atoms with Gasteiger partial charge in [0.15, 0.2) is 0 Å². The molecule has 1 aliphatic carbocycles. The lowest BCUT2D eigenvalue weighted by molar-refractivity contribution is -0.185. The molecular weight excluding hydrogens is 253 g/mol. The van der Waals surface area contributed by atoms with Gasteiger partial charge in [-0.05, 0) is 45.4 Å². The zero-order chi connectivity index (χ0) is 14.0. The summed E-state index contributed by atoms with van der Waals surface area (Å²) >= 11 is 0. The van der Waals surface area contributed by atoms with Crippen LogP contribution in [0.1, 0.15) is 51.9 Å². The fourth-order valence-electron chi connectivity index (χ4n) is 3.91. The second kappa shape index (κ2) is 6.00. The van der Waals surface area contributed by atoms with E-state index in [-0.39, 0.29) is 12.8 Å². The van der Waals surface area contributed by atoms with Gasteiger partial charge >= 0.3 is 6.18 Å². The first-order chi connectivity index (χ1) is 8.93. The van der Waals surface area contributed by atoms with Crippen molar-refractivity contribution in [2.24, 2.45) is 11.7 Å². The monoisotopic (exact) mass is 278 g/mol. The van der Waals surface area contributed by atoms with Crippen LogP contribution in [-0.4, -0.2) is 35.7 Å². The van der Waals surface area contributed by atoms with Gasteiger partial charge in [0.2, 0.25) is 0 Å². The molecule has 2 unspecified atom stereocenters. The van der Waals surface area contributed by atoms with Gasteiger partial charge in [-0.25, -0.2) is 0 Å². The lowest BCUT2D eigenvalue weighted by atomic mass is 9.82. The zero-order valence-electron chi connectivity index (χ0n) is 11.6. The number of likely N-dealkylation sites (tertiary alicyclic amines) is 1. The van der Waals surface area contributed by atoms with Crippen molar-refractivity contribution in [3.8, 4) is 0 Å². The van der Waals surface area contributed by atoms with Crippen LogP contribution in [0.25, 0.3) is 0 Å². The Bertz CT molecular complexity index is 285. The maximum Gasteiger partial charge on any atom is 0.391 e. The molecule has 19 heavy (non-hydrogen) atoms. The number of hydrogen-bond donors (Lipinski definition) is 1. The molecule has 2 rings (SSSR count). The summed E-state index contributed by atoms with van der Waals surface area (Å²) in [6.45, 7) is 2.82. The fraction of sp³-hybridized carbons (Fsp3) is 1.00. The Balaban J connectivity index is 1.95. The fourth-order valence-corrected chi connectivity index (χ4v) is 3.91. The first kappa shape index (κ1) is 15.1. The van der Waals surface area contributed by atoms with Gasteiger partial charge in [0.1, 0.15) is 0 Å². The van der Waals surface area contributed by atoms with E-state index in [1.165, 1.54) is 6.42 Å². The van der Waals surface area contributed by atoms with E-state index in [4.69, 9.17) is 5.73 Å². The van der Waals surface area contributed by atoms with Crippen molar-refractivity contribution in [3.05, 3.63) is 0 Å². The van der Waals surface area contributed by atoms with Crippen molar-refractivity contribution in [2.45, 2.75) is 76.2 Å². The number of halogens is 3. The van der Waals surface area contributed by atoms with E-state index in [2.05, 4.69) is 11.8 Å². The van der Waals surface area contributed by atoms with Crippen LogP contribution in [0.2, 0.25) is 0 Å². The summed E-state index contributed by atoms with van der Waals surface area (Å²) in [5, 5.41) is 0. The molecule has 0 bridgehead atoms. The Labute approximate surface area is 113 Å². The first-order valence-corrected chi connectivity index (χ1v) is 7.47. The third kappa shape index (κ3) is 3.43. The highest BCUT2D eigenvalue weighted by atomic mass is 19.4. The van der Waals surface area contributed by atoms with Gasteiger partial charge in [0.25, 0.3) is 0 Å². The minimum absolute atomic E-state index is 0.286. The van der Waals surface area contributed by atoms with Crippen LogP contribution >= 0.6 is 0 Å². The molecule has 0 aromatic heterocycles. The summed E-state index contributed by atoms with van der Waals surface area (Å²) in [5.74, 6) is -1.08. The molecule has 2 fully saturated rings. The van der Waals surface area contributed by atoms with Crippen molar-refractivity contribution < 1.29 is 13.2 Å². The van der Waals surface area contributed by atoms with Crippen LogP contribution in [0.3, 0.4) is 0 Å². The highest BCUT2D eigenvalue weighted by Crippen LogP contribution is 2.40. The van der Waals surface area contributed by atoms with E-state index in [9.17, 15) is 13.2 Å². The molecule has 0 radical (unpaired) electrons. The van der Waals surface area contributed by atoms with Gasteiger partial charge in [-0.1, -0.05) is 6.42 Å². The molecule has 1 saturated heterocycles. The van der Waals surface area contributed by atoms with Crippen LogP contribution < -0.4 is 5.73 Å². The van der Waals surface area contributed by atoms with Crippen LogP contribution in [0.5, 0.6) is 0 Å². The molecule has 2 aliphatic rings. The zero-order valence-corrected chi connectivity index (χ0v) is 11.6. The second-order valence-electron chi connectivity index (χ2n) is 6.16. The minimum atomic E-state index is -4.01. The Morgan fingerprint density at radius 3 is 2.21 bits per heavy atom. The van der Waals surface area contributed by atoms with Gasteiger partial charge in [-0.2, -0.15) is 13.2 Å². The van der Waals surface area contributed by atoms with Gasteiger partial charge in [0.05, 0.1) is 5.92 Å². The normalized spacial score (nSPS) is 38.4. The number of piperidine rings is 1. The topological polar surface area (TPSA) is 29.3 Å². The molecule has 0 aromatic carbocycles. The van der Waals surface area contributed by atoms with Gasteiger partial charge in [-0.3, -0.25) is 4.90 Å². The van der Waals surface area contributed by atoms with E-state index in [1.54, 1.807) is 0 Å². The third-order valence-electron chi connectivity index (χ3n) is 4.94. The quantitative estimate of drug-likeness (QED) is 0.839. The van der Waals surface area contributed by atoms with Crippen molar-refractivity contribution >= 4 is 0 Å². The largest absolute Gasteiger partial charge is 0.391 e. The average molecular weight is 278 g/mol. The minimum Gasteiger partial charge on any atom is -0.329 e. The summed E-state index contributed by atoms with van der Waals surface area (Å²) in [5.41, 5.74) is 5.84. The maximum absolute atomic E-state index is 12.7. The number of hydrogen-bond acceptors (Lipinski definition) is 2. The third-order valence-corrected chi connectivity index (χ3v) is 4.94. The molecule has 2 atom stereocenters. The molecule has 2 N–H and O–H groups in total. The van der Waals surface area contributed by atoms with Gasteiger partial charge < -0.3 is 5.73 Å². The molecule has 1 aliphatic heterocycles. The van der Waals surface area contributed by atoms with Gasteiger partial charge in [-0.15, -0.1) is 0 Å². The Morgan fingerprint density at radius 1 is 1.05 bits per heavy atom. The van der Waals surface area contributed by atoms with Crippen molar-refractivity contribution in [3.63, 3.8) is 0 Å². The van der Waals surface area contributed by atoms with Crippen LogP contribution in [0, 0.1) is 5.92 Å². The first-order valence-electron chi connectivity index (χ1n) is 7.47. The summed E-state index contributed by atoms with van der Waals surface area (Å²) in [4.78, 5) is 2.43. The Kier molecular flexibility index (Phi) is 4.77. The lowest BCUT2D eigenvalue weighted by Gasteiger charge is -2.47. The van der Waals surface area contributed by atoms with E-state index >= 15 is 0 Å². The predicted molar refractivity (Wildman–Crippen MR) is 69.8 cm³/mol. The van der Waals surface area contributed by atoms with Crippen LogP contribution in [0.4, 0.5) is 13.2 Å². The highest BCUT2D eigenvalue weighted by molar-refractivity contribution is 4.91. The molecule has 5 heteroatoms. The maximum atomic E-state index is 12.7. The summed E-state index contributed by atoms with van der Waals surface area (Å²) in [6, 6.07) is 1.15. The molecule has 1 heterocycles. The average Bonchev–Trinajstić information content (AvgIpc) is 2.37. The van der Waals surface area contributed by atoms with Crippen molar-refractivity contribution in [1.29, 1.82) is 0 Å².